The Kier molecular flexibility index (Phi) is 3.37. The first-order chi connectivity index (χ1) is 6.16. The normalized spacial score (nSPS) is 9.69. The minimum atomic E-state index is -0.0788. The van der Waals surface area contributed by atoms with Gasteiger partial charge in [0.05, 0.1) is 5.33 Å². The fourth-order valence-electron chi connectivity index (χ4n) is 1.11. The monoisotopic (exact) mass is 240 g/mol. The predicted molar refractivity (Wildman–Crippen MR) is 54.6 cm³/mol. The van der Waals surface area contributed by atoms with E-state index in [1.54, 1.807) is 24.3 Å². The molecule has 1 aromatic carbocycles. The van der Waals surface area contributed by atoms with Crippen molar-refractivity contribution in [2.24, 2.45) is 0 Å². The molecule has 0 aromatic heterocycles. The Hall–Kier alpha value is -0.960. The summed E-state index contributed by atoms with van der Waals surface area (Å²) in [5.41, 5.74) is 0.985. The van der Waals surface area contributed by atoms with Crippen LogP contribution in [0.4, 0.5) is 0 Å². The van der Waals surface area contributed by atoms with Crippen LogP contribution in [0.5, 0.6) is 0 Å². The molecule has 0 saturated heterocycles. The van der Waals surface area contributed by atoms with E-state index in [-0.39, 0.29) is 16.9 Å². The molecule has 0 aliphatic heterocycles. The van der Waals surface area contributed by atoms with Crippen molar-refractivity contribution in [1.82, 2.24) is 0 Å². The van der Waals surface area contributed by atoms with Crippen LogP contribution in [-0.2, 0) is 0 Å². The zero-order valence-corrected chi connectivity index (χ0v) is 8.80. The molecule has 0 aliphatic rings. The quantitative estimate of drug-likeness (QED) is 0.601. The molecule has 13 heavy (non-hydrogen) atoms. The van der Waals surface area contributed by atoms with Gasteiger partial charge >= 0.3 is 0 Å². The van der Waals surface area contributed by atoms with E-state index >= 15 is 0 Å². The number of ketones is 2. The predicted octanol–water partition coefficient (Wildman–Crippen LogP) is 2.47. The van der Waals surface area contributed by atoms with Gasteiger partial charge in [0.1, 0.15) is 0 Å². The fourth-order valence-corrected chi connectivity index (χ4v) is 1.41. The summed E-state index contributed by atoms with van der Waals surface area (Å²) < 4.78 is 0. The highest BCUT2D eigenvalue weighted by Crippen LogP contribution is 2.11. The van der Waals surface area contributed by atoms with Gasteiger partial charge in [0.2, 0.25) is 0 Å². The van der Waals surface area contributed by atoms with Crippen LogP contribution in [0, 0.1) is 0 Å². The second-order valence-electron chi connectivity index (χ2n) is 2.66. The number of Topliss-reactive ketones (excluding diaryl/α,β-unsaturated/α-hetero) is 2. The van der Waals surface area contributed by atoms with Crippen LogP contribution in [0.2, 0.25) is 0 Å². The van der Waals surface area contributed by atoms with Crippen LogP contribution in [0.25, 0.3) is 0 Å². The van der Waals surface area contributed by atoms with Gasteiger partial charge in [-0.3, -0.25) is 9.59 Å². The number of benzene rings is 1. The largest absolute Gasteiger partial charge is 0.294 e. The highest BCUT2D eigenvalue weighted by Gasteiger charge is 2.11. The van der Waals surface area contributed by atoms with Gasteiger partial charge in [0.25, 0.3) is 0 Å². The molecule has 0 amide bonds. The Morgan fingerprint density at radius 2 is 1.77 bits per heavy atom. The Morgan fingerprint density at radius 3 is 2.23 bits per heavy atom. The van der Waals surface area contributed by atoms with Crippen molar-refractivity contribution in [2.75, 3.05) is 5.33 Å². The molecule has 0 radical (unpaired) electrons. The third-order valence-corrected chi connectivity index (χ3v) is 2.24. The first-order valence-electron chi connectivity index (χ1n) is 3.86. The third-order valence-electron chi connectivity index (χ3n) is 1.73. The van der Waals surface area contributed by atoms with E-state index < -0.39 is 0 Å². The summed E-state index contributed by atoms with van der Waals surface area (Å²) >= 11 is 3.07. The summed E-state index contributed by atoms with van der Waals surface area (Å²) in [5.74, 6) is -0.143. The molecule has 0 spiro atoms. The van der Waals surface area contributed by atoms with E-state index in [0.29, 0.717) is 11.1 Å². The van der Waals surface area contributed by atoms with E-state index in [9.17, 15) is 9.59 Å². The molecule has 0 fully saturated rings. The van der Waals surface area contributed by atoms with Crippen molar-refractivity contribution in [1.29, 1.82) is 0 Å². The molecule has 2 nitrogen and oxygen atoms in total. The maximum absolute atomic E-state index is 11.3. The van der Waals surface area contributed by atoms with Gasteiger partial charge in [0, 0.05) is 11.1 Å². The van der Waals surface area contributed by atoms with Gasteiger partial charge in [-0.1, -0.05) is 40.2 Å². The van der Waals surface area contributed by atoms with Gasteiger partial charge in [-0.25, -0.2) is 0 Å². The van der Waals surface area contributed by atoms with E-state index in [0.717, 1.165) is 0 Å². The summed E-state index contributed by atoms with van der Waals surface area (Å²) in [5, 5.41) is 0.247. The summed E-state index contributed by atoms with van der Waals surface area (Å²) in [6.07, 6.45) is 0. The van der Waals surface area contributed by atoms with Crippen LogP contribution in [0.3, 0.4) is 0 Å². The van der Waals surface area contributed by atoms with Gasteiger partial charge in [0.15, 0.2) is 11.6 Å². The van der Waals surface area contributed by atoms with Crippen molar-refractivity contribution in [3.63, 3.8) is 0 Å². The minimum absolute atomic E-state index is 0.0641. The summed E-state index contributed by atoms with van der Waals surface area (Å²) in [6.45, 7) is 1.46. The Balaban J connectivity index is 3.19. The smallest absolute Gasteiger partial charge is 0.174 e. The zero-order chi connectivity index (χ0) is 9.84. The molecule has 0 atom stereocenters. The molecule has 0 unspecified atom stereocenters. The number of carbonyl (C=O) groups excluding carboxylic acids is 2. The molecule has 68 valence electrons. The number of hydrogen-bond acceptors (Lipinski definition) is 2. The topological polar surface area (TPSA) is 34.1 Å². The van der Waals surface area contributed by atoms with E-state index in [1.807, 2.05) is 0 Å². The first kappa shape index (κ1) is 10.1. The molecule has 0 N–H and O–H groups in total. The van der Waals surface area contributed by atoms with Crippen molar-refractivity contribution in [3.8, 4) is 0 Å². The molecule has 0 bridgehead atoms. The fraction of sp³-hybridized carbons (Fsp3) is 0.200. The molecule has 0 saturated carbocycles. The number of hydrogen-bond donors (Lipinski definition) is 0. The van der Waals surface area contributed by atoms with Crippen LogP contribution >= 0.6 is 15.9 Å². The highest BCUT2D eigenvalue weighted by molar-refractivity contribution is 9.09. The lowest BCUT2D eigenvalue weighted by Gasteiger charge is -2.02. The second-order valence-corrected chi connectivity index (χ2v) is 3.22. The maximum Gasteiger partial charge on any atom is 0.174 e. The lowest BCUT2D eigenvalue weighted by atomic mass is 10.0. The molecular weight excluding hydrogens is 232 g/mol. The van der Waals surface area contributed by atoms with Gasteiger partial charge in [-0.15, -0.1) is 0 Å². The number of carbonyl (C=O) groups is 2. The van der Waals surface area contributed by atoms with Crippen LogP contribution in [0.1, 0.15) is 27.6 Å². The average Bonchev–Trinajstić information content (AvgIpc) is 2.16. The van der Waals surface area contributed by atoms with Crippen molar-refractivity contribution in [2.45, 2.75) is 6.92 Å². The van der Waals surface area contributed by atoms with E-state index in [1.165, 1.54) is 6.92 Å². The average molecular weight is 241 g/mol. The molecule has 1 rings (SSSR count). The number of alkyl halides is 1. The van der Waals surface area contributed by atoms with Crippen LogP contribution in [-0.4, -0.2) is 16.9 Å². The van der Waals surface area contributed by atoms with Gasteiger partial charge in [-0.05, 0) is 6.92 Å². The van der Waals surface area contributed by atoms with Gasteiger partial charge in [-0.2, -0.15) is 0 Å². The minimum Gasteiger partial charge on any atom is -0.294 e. The first-order valence-corrected chi connectivity index (χ1v) is 4.98. The molecular formula is C10H9BrO2. The Labute approximate surface area is 85.1 Å². The van der Waals surface area contributed by atoms with Crippen molar-refractivity contribution >= 4 is 27.5 Å². The zero-order valence-electron chi connectivity index (χ0n) is 7.21. The summed E-state index contributed by atoms with van der Waals surface area (Å²) in [7, 11) is 0. The summed E-state index contributed by atoms with van der Waals surface area (Å²) in [4.78, 5) is 22.5. The Morgan fingerprint density at radius 1 is 1.23 bits per heavy atom. The van der Waals surface area contributed by atoms with Crippen LogP contribution in [0.15, 0.2) is 24.3 Å². The summed E-state index contributed by atoms with van der Waals surface area (Å²) in [6, 6.07) is 6.84. The SMILES string of the molecule is CC(=O)c1ccccc1C(=O)CBr. The van der Waals surface area contributed by atoms with E-state index in [2.05, 4.69) is 15.9 Å². The number of halogens is 1. The lowest BCUT2D eigenvalue weighted by Crippen LogP contribution is -2.07. The van der Waals surface area contributed by atoms with Crippen molar-refractivity contribution < 1.29 is 9.59 Å². The number of rotatable bonds is 3. The standard InChI is InChI=1S/C10H9BrO2/c1-7(12)8-4-2-3-5-9(8)10(13)6-11/h2-5H,6H2,1H3. The van der Waals surface area contributed by atoms with Crippen LogP contribution < -0.4 is 0 Å². The maximum atomic E-state index is 11.3. The lowest BCUT2D eigenvalue weighted by molar-refractivity contribution is 0.0984. The second kappa shape index (κ2) is 4.33. The molecule has 1 aromatic rings. The highest BCUT2D eigenvalue weighted by atomic mass is 79.9. The molecule has 0 heterocycles. The third kappa shape index (κ3) is 2.25. The van der Waals surface area contributed by atoms with E-state index in [4.69, 9.17) is 0 Å². The molecule has 3 heteroatoms. The Bertz CT molecular complexity index is 345. The van der Waals surface area contributed by atoms with Crippen molar-refractivity contribution in [3.05, 3.63) is 35.4 Å². The molecule has 0 aliphatic carbocycles. The van der Waals surface area contributed by atoms with Gasteiger partial charge < -0.3 is 0 Å².